The molecule has 2 rings (SSSR count). The fourth-order valence-electron chi connectivity index (χ4n) is 1.33. The number of benzene rings is 1. The Hall–Kier alpha value is -1.42. The van der Waals surface area contributed by atoms with Crippen LogP contribution in [0, 0.1) is 0 Å². The molecule has 0 spiro atoms. The molecule has 0 fully saturated rings. The van der Waals surface area contributed by atoms with Crippen LogP contribution in [0.15, 0.2) is 45.7 Å². The highest BCUT2D eigenvalue weighted by Gasteiger charge is 1.98. The predicted molar refractivity (Wildman–Crippen MR) is 61.8 cm³/mol. The number of hydrogen-bond acceptors (Lipinski definition) is 2. The quantitative estimate of drug-likeness (QED) is 0.904. The van der Waals surface area contributed by atoms with E-state index in [-0.39, 0.29) is 5.56 Å². The molecule has 2 aromatic rings. The Kier molecular flexibility index (Phi) is 2.97. The maximum atomic E-state index is 10.8. The Morgan fingerprint density at radius 1 is 1.27 bits per heavy atom. The number of aromatic nitrogens is 2. The minimum Gasteiger partial charge on any atom is -0.268 e. The molecule has 0 saturated heterocycles. The van der Waals surface area contributed by atoms with Crippen molar-refractivity contribution < 1.29 is 0 Å². The van der Waals surface area contributed by atoms with Crippen molar-refractivity contribution >= 4 is 15.9 Å². The average molecular weight is 265 g/mol. The molecule has 0 atom stereocenters. The Bertz CT molecular complexity index is 501. The van der Waals surface area contributed by atoms with Crippen molar-refractivity contribution in [3.8, 4) is 0 Å². The van der Waals surface area contributed by atoms with Crippen LogP contribution in [0.5, 0.6) is 0 Å². The summed E-state index contributed by atoms with van der Waals surface area (Å²) in [6.45, 7) is 0. The van der Waals surface area contributed by atoms with Crippen molar-refractivity contribution in [2.24, 2.45) is 0 Å². The molecule has 0 radical (unpaired) electrons. The zero-order chi connectivity index (χ0) is 10.7. The number of hydrogen-bond donors (Lipinski definition) is 1. The summed E-state index contributed by atoms with van der Waals surface area (Å²) in [5, 5.41) is 6.37. The number of H-pyrrole nitrogens is 1. The molecular formula is C11H9BrN2O. The Morgan fingerprint density at radius 2 is 2.13 bits per heavy atom. The van der Waals surface area contributed by atoms with Gasteiger partial charge in [-0.25, -0.2) is 5.10 Å². The van der Waals surface area contributed by atoms with Gasteiger partial charge in [-0.3, -0.25) is 4.79 Å². The molecule has 4 heteroatoms. The third-order valence-electron chi connectivity index (χ3n) is 2.01. The van der Waals surface area contributed by atoms with Gasteiger partial charge in [-0.2, -0.15) is 5.10 Å². The summed E-state index contributed by atoms with van der Waals surface area (Å²) in [5.41, 5.74) is 1.84. The number of aromatic amines is 1. The molecular weight excluding hydrogens is 256 g/mol. The number of halogens is 1. The van der Waals surface area contributed by atoms with Gasteiger partial charge in [0, 0.05) is 17.0 Å². The number of rotatable bonds is 2. The van der Waals surface area contributed by atoms with E-state index in [9.17, 15) is 4.79 Å². The second-order valence-corrected chi connectivity index (χ2v) is 4.13. The lowest BCUT2D eigenvalue weighted by Gasteiger charge is -2.00. The van der Waals surface area contributed by atoms with Crippen LogP contribution < -0.4 is 5.56 Å². The summed E-state index contributed by atoms with van der Waals surface area (Å²) in [6, 6.07) is 11.2. The molecule has 1 aromatic heterocycles. The third-order valence-corrected chi connectivity index (χ3v) is 2.50. The fraction of sp³-hybridized carbons (Fsp3) is 0.0909. The number of nitrogens with zero attached hydrogens (tertiary/aromatic N) is 1. The molecule has 15 heavy (non-hydrogen) atoms. The van der Waals surface area contributed by atoms with E-state index in [0.717, 1.165) is 22.2 Å². The lowest BCUT2D eigenvalue weighted by molar-refractivity contribution is 0.910. The van der Waals surface area contributed by atoms with Crippen molar-refractivity contribution in [3.63, 3.8) is 0 Å². The van der Waals surface area contributed by atoms with E-state index < -0.39 is 0 Å². The van der Waals surface area contributed by atoms with Gasteiger partial charge in [0.1, 0.15) is 0 Å². The van der Waals surface area contributed by atoms with Crippen molar-refractivity contribution in [1.29, 1.82) is 0 Å². The molecule has 1 N–H and O–H groups in total. The summed E-state index contributed by atoms with van der Waals surface area (Å²) in [5.74, 6) is 0. The number of nitrogens with one attached hydrogen (secondary N) is 1. The van der Waals surface area contributed by atoms with Gasteiger partial charge in [-0.05, 0) is 23.8 Å². The average Bonchev–Trinajstić information content (AvgIpc) is 2.22. The lowest BCUT2D eigenvalue weighted by Crippen LogP contribution is -2.07. The van der Waals surface area contributed by atoms with Crippen molar-refractivity contribution in [2.75, 3.05) is 0 Å². The molecule has 76 valence electrons. The largest absolute Gasteiger partial charge is 0.268 e. The van der Waals surface area contributed by atoms with Gasteiger partial charge in [0.05, 0.1) is 5.69 Å². The summed E-state index contributed by atoms with van der Waals surface area (Å²) >= 11 is 3.41. The molecule has 0 aliphatic heterocycles. The summed E-state index contributed by atoms with van der Waals surface area (Å²) < 4.78 is 1.05. The first-order valence-electron chi connectivity index (χ1n) is 4.53. The summed E-state index contributed by atoms with van der Waals surface area (Å²) in [6.07, 6.45) is 0.718. The molecule has 0 aliphatic rings. The van der Waals surface area contributed by atoms with E-state index >= 15 is 0 Å². The van der Waals surface area contributed by atoms with Crippen LogP contribution in [-0.2, 0) is 6.42 Å². The Balaban J connectivity index is 2.22. The van der Waals surface area contributed by atoms with Gasteiger partial charge in [0.2, 0.25) is 0 Å². The van der Waals surface area contributed by atoms with E-state index in [1.807, 2.05) is 24.3 Å². The van der Waals surface area contributed by atoms with Gasteiger partial charge in [-0.15, -0.1) is 0 Å². The summed E-state index contributed by atoms with van der Waals surface area (Å²) in [4.78, 5) is 10.8. The molecule has 0 amide bonds. The zero-order valence-corrected chi connectivity index (χ0v) is 9.49. The predicted octanol–water partition coefficient (Wildman–Crippen LogP) is 2.12. The van der Waals surface area contributed by atoms with Crippen LogP contribution in [0.1, 0.15) is 11.3 Å². The first-order valence-corrected chi connectivity index (χ1v) is 5.32. The van der Waals surface area contributed by atoms with E-state index in [4.69, 9.17) is 0 Å². The minimum absolute atomic E-state index is 0.173. The molecule has 3 nitrogen and oxygen atoms in total. The van der Waals surface area contributed by atoms with Crippen LogP contribution in [-0.4, -0.2) is 10.2 Å². The molecule has 0 unspecified atom stereocenters. The Labute approximate surface area is 95.3 Å². The monoisotopic (exact) mass is 264 g/mol. The van der Waals surface area contributed by atoms with Crippen LogP contribution in [0.25, 0.3) is 0 Å². The maximum Gasteiger partial charge on any atom is 0.264 e. The molecule has 1 aromatic carbocycles. The van der Waals surface area contributed by atoms with Gasteiger partial charge in [0.25, 0.3) is 5.56 Å². The van der Waals surface area contributed by atoms with E-state index in [1.165, 1.54) is 6.07 Å². The Morgan fingerprint density at radius 3 is 2.80 bits per heavy atom. The van der Waals surface area contributed by atoms with Gasteiger partial charge < -0.3 is 0 Å². The first-order chi connectivity index (χ1) is 7.24. The van der Waals surface area contributed by atoms with Crippen LogP contribution in [0.3, 0.4) is 0 Å². The lowest BCUT2D eigenvalue weighted by atomic mass is 10.1. The van der Waals surface area contributed by atoms with Crippen LogP contribution >= 0.6 is 15.9 Å². The van der Waals surface area contributed by atoms with Gasteiger partial charge >= 0.3 is 0 Å². The van der Waals surface area contributed by atoms with Crippen molar-refractivity contribution in [1.82, 2.24) is 10.2 Å². The van der Waals surface area contributed by atoms with Crippen LogP contribution in [0.2, 0.25) is 0 Å². The molecule has 1 heterocycles. The van der Waals surface area contributed by atoms with E-state index in [0.29, 0.717) is 0 Å². The topological polar surface area (TPSA) is 45.8 Å². The second kappa shape index (κ2) is 4.40. The second-order valence-electron chi connectivity index (χ2n) is 3.22. The van der Waals surface area contributed by atoms with Gasteiger partial charge in [-0.1, -0.05) is 28.1 Å². The van der Waals surface area contributed by atoms with E-state index in [2.05, 4.69) is 26.1 Å². The molecule has 0 saturated carbocycles. The van der Waals surface area contributed by atoms with Crippen LogP contribution in [0.4, 0.5) is 0 Å². The maximum absolute atomic E-state index is 10.8. The zero-order valence-electron chi connectivity index (χ0n) is 7.90. The van der Waals surface area contributed by atoms with Crippen molar-refractivity contribution in [3.05, 3.63) is 62.5 Å². The van der Waals surface area contributed by atoms with Gasteiger partial charge in [0.15, 0.2) is 0 Å². The highest BCUT2D eigenvalue weighted by Crippen LogP contribution is 2.13. The highest BCUT2D eigenvalue weighted by molar-refractivity contribution is 9.10. The minimum atomic E-state index is -0.173. The standard InChI is InChI=1S/C11H9BrN2O/c12-9-3-1-2-8(6-9)7-10-4-5-11(15)14-13-10/h1-6H,7H2,(H,14,15). The SMILES string of the molecule is O=c1ccc(Cc2cccc(Br)c2)n[nH]1. The van der Waals surface area contributed by atoms with Crippen molar-refractivity contribution in [2.45, 2.75) is 6.42 Å². The fourth-order valence-corrected chi connectivity index (χ4v) is 1.77. The van der Waals surface area contributed by atoms with E-state index in [1.54, 1.807) is 6.07 Å². The first kappa shape index (κ1) is 10.1. The smallest absolute Gasteiger partial charge is 0.264 e. The third kappa shape index (κ3) is 2.76. The molecule has 0 aliphatic carbocycles. The normalized spacial score (nSPS) is 10.2. The highest BCUT2D eigenvalue weighted by atomic mass is 79.9. The molecule has 0 bridgehead atoms. The summed E-state index contributed by atoms with van der Waals surface area (Å²) in [7, 11) is 0.